The Kier molecular flexibility index (Phi) is 47.5. The second-order valence-electron chi connectivity index (χ2n) is 14.1. The molecule has 42 heavy (non-hydrogen) atoms. The van der Waals surface area contributed by atoms with Gasteiger partial charge in [0.25, 0.3) is 14.1 Å². The molecule has 0 heterocycles. The SMILES string of the molecule is CCCCCCCCC[CH2][AlH2].CCCCCCCCC[CH2][Al]([CH2]CCCCCCCCC)[CH2]CCCCCCCCC. The molecule has 0 N–H and O–H groups in total. The summed E-state index contributed by atoms with van der Waals surface area (Å²) in [6, 6.07) is 0. The van der Waals surface area contributed by atoms with Crippen LogP contribution in [0.3, 0.4) is 0 Å². The normalized spacial score (nSPS) is 11.0. The first-order valence-electron chi connectivity index (χ1n) is 20.8. The van der Waals surface area contributed by atoms with Crippen LogP contribution in [0, 0.1) is 0 Å². The van der Waals surface area contributed by atoms with Gasteiger partial charge in [-0.25, -0.2) is 0 Å². The van der Waals surface area contributed by atoms with Gasteiger partial charge in [-0.05, 0) is 0 Å². The van der Waals surface area contributed by atoms with E-state index in [1.165, 1.54) is 208 Å². The monoisotopic (exact) mass is 621 g/mol. The molecule has 0 atom stereocenters. The maximum absolute atomic E-state index is 2.32. The summed E-state index contributed by atoms with van der Waals surface area (Å²) in [6.07, 6.45) is 47.5. The first kappa shape index (κ1) is 45.2. The Hall–Kier alpha value is 1.06. The predicted molar refractivity (Wildman–Crippen MR) is 204 cm³/mol. The number of hydrogen-bond acceptors (Lipinski definition) is 0. The van der Waals surface area contributed by atoms with E-state index < -0.39 is 14.1 Å². The molecule has 0 aliphatic carbocycles. The molecule has 0 radical (unpaired) electrons. The minimum atomic E-state index is -0.444. The Bertz CT molecular complexity index is 368. The van der Waals surface area contributed by atoms with Gasteiger partial charge in [-0.2, -0.15) is 0 Å². The number of rotatable bonds is 35. The molecule has 2 heteroatoms. The van der Waals surface area contributed by atoms with Gasteiger partial charge in [0.05, 0.1) is 0 Å². The Morgan fingerprint density at radius 2 is 0.452 bits per heavy atom. The van der Waals surface area contributed by atoms with Crippen molar-refractivity contribution in [1.29, 1.82) is 0 Å². The van der Waals surface area contributed by atoms with Crippen molar-refractivity contribution in [1.82, 2.24) is 0 Å². The third kappa shape index (κ3) is 43.2. The van der Waals surface area contributed by atoms with Crippen LogP contribution in [-0.2, 0) is 0 Å². The molecule has 0 fully saturated rings. The summed E-state index contributed by atoms with van der Waals surface area (Å²) in [5.74, 6) is 0. The summed E-state index contributed by atoms with van der Waals surface area (Å²) >= 11 is 0.966. The van der Waals surface area contributed by atoms with Crippen molar-refractivity contribution in [3.63, 3.8) is 0 Å². The first-order valence-corrected chi connectivity index (χ1v) is 24.6. The highest BCUT2D eigenvalue weighted by Gasteiger charge is 2.15. The van der Waals surface area contributed by atoms with Crippen molar-refractivity contribution in [2.45, 2.75) is 254 Å². The third-order valence-corrected chi connectivity index (χ3v) is 14.0. The molecule has 0 aromatic rings. The van der Waals surface area contributed by atoms with Crippen molar-refractivity contribution in [3.8, 4) is 0 Å². The van der Waals surface area contributed by atoms with Crippen molar-refractivity contribution >= 4 is 30.4 Å². The van der Waals surface area contributed by atoms with Crippen LogP contribution in [0.15, 0.2) is 0 Å². The topological polar surface area (TPSA) is 0 Å². The minimum absolute atomic E-state index is 0.444. The van der Waals surface area contributed by atoms with E-state index in [9.17, 15) is 0 Å². The zero-order valence-electron chi connectivity index (χ0n) is 31.0. The lowest BCUT2D eigenvalue weighted by molar-refractivity contribution is 0.577. The molecule has 0 bridgehead atoms. The van der Waals surface area contributed by atoms with Crippen LogP contribution < -0.4 is 0 Å². The van der Waals surface area contributed by atoms with Gasteiger partial charge >= 0.3 is 0 Å². The van der Waals surface area contributed by atoms with Gasteiger partial charge in [-0.1, -0.05) is 249 Å². The quantitative estimate of drug-likeness (QED) is 0.0488. The van der Waals surface area contributed by atoms with E-state index in [4.69, 9.17) is 0 Å². The van der Waals surface area contributed by atoms with E-state index in [0.29, 0.717) is 0 Å². The van der Waals surface area contributed by atoms with Crippen molar-refractivity contribution in [2.24, 2.45) is 0 Å². The van der Waals surface area contributed by atoms with E-state index in [1.807, 2.05) is 0 Å². The summed E-state index contributed by atoms with van der Waals surface area (Å²) in [5.41, 5.74) is 0. The molecule has 0 rings (SSSR count). The molecule has 0 aromatic heterocycles. The van der Waals surface area contributed by atoms with Crippen molar-refractivity contribution < 1.29 is 0 Å². The average Bonchev–Trinajstić information content (AvgIpc) is 3.00. The lowest BCUT2D eigenvalue weighted by Gasteiger charge is -2.12. The molecule has 0 aromatic carbocycles. The molecule has 0 saturated heterocycles. The van der Waals surface area contributed by atoms with Crippen molar-refractivity contribution in [2.75, 3.05) is 0 Å². The Morgan fingerprint density at radius 3 is 0.667 bits per heavy atom. The van der Waals surface area contributed by atoms with Crippen molar-refractivity contribution in [3.05, 3.63) is 0 Å². The Morgan fingerprint density at radius 1 is 0.262 bits per heavy atom. The fourth-order valence-corrected chi connectivity index (χ4v) is 10.5. The molecule has 0 aliphatic rings. The van der Waals surface area contributed by atoms with E-state index in [-0.39, 0.29) is 0 Å². The zero-order chi connectivity index (χ0) is 31.0. The molecule has 0 nitrogen and oxygen atoms in total. The standard InChI is InChI=1S/4C10H21.2Al.2H/c4*1-3-5-7-9-10-8-6-4-2;;;;/h4*1,3-10H2,2H3;;;;. The maximum Gasteiger partial charge on any atom is 0.261 e. The second kappa shape index (κ2) is 44.2. The van der Waals surface area contributed by atoms with Gasteiger partial charge in [-0.15, -0.1) is 5.28 Å². The van der Waals surface area contributed by atoms with Gasteiger partial charge < -0.3 is 0 Å². The summed E-state index contributed by atoms with van der Waals surface area (Å²) in [5, 5.41) is 6.51. The fraction of sp³-hybridized carbons (Fsp3) is 1.00. The van der Waals surface area contributed by atoms with E-state index in [1.54, 1.807) is 35.1 Å². The van der Waals surface area contributed by atoms with Crippen LogP contribution in [0.25, 0.3) is 0 Å². The Balaban J connectivity index is 0. The molecule has 0 unspecified atom stereocenters. The molecule has 0 aliphatic heterocycles. The minimum Gasteiger partial charge on any atom is -0.101 e. The van der Waals surface area contributed by atoms with Crippen LogP contribution in [0.4, 0.5) is 0 Å². The first-order chi connectivity index (χ1) is 20.8. The second-order valence-corrected chi connectivity index (χ2v) is 18.6. The molecular formula is C40H86Al2. The fourth-order valence-electron chi connectivity index (χ4n) is 6.52. The van der Waals surface area contributed by atoms with Crippen LogP contribution in [-0.4, -0.2) is 30.4 Å². The summed E-state index contributed by atoms with van der Waals surface area (Å²) in [7, 11) is 0. The molecular weight excluding hydrogens is 534 g/mol. The van der Waals surface area contributed by atoms with E-state index >= 15 is 0 Å². The van der Waals surface area contributed by atoms with Gasteiger partial charge in [0, 0.05) is 0 Å². The largest absolute Gasteiger partial charge is 0.261 e. The highest BCUT2D eigenvalue weighted by molar-refractivity contribution is 6.58. The van der Waals surface area contributed by atoms with Gasteiger partial charge in [0.2, 0.25) is 16.3 Å². The zero-order valence-corrected chi connectivity index (χ0v) is 34.2. The smallest absolute Gasteiger partial charge is 0.101 e. The summed E-state index contributed by atoms with van der Waals surface area (Å²) < 4.78 is 0. The third-order valence-electron chi connectivity index (χ3n) is 9.60. The van der Waals surface area contributed by atoms with Crippen LogP contribution in [0.5, 0.6) is 0 Å². The average molecular weight is 621 g/mol. The van der Waals surface area contributed by atoms with Crippen LogP contribution in [0.2, 0.25) is 21.1 Å². The van der Waals surface area contributed by atoms with E-state index in [2.05, 4.69) is 27.7 Å². The lowest BCUT2D eigenvalue weighted by Crippen LogP contribution is -2.12. The summed E-state index contributed by atoms with van der Waals surface area (Å²) in [6.45, 7) is 9.25. The van der Waals surface area contributed by atoms with E-state index in [0.717, 1.165) is 0 Å². The molecule has 252 valence electrons. The molecule has 0 amide bonds. The highest BCUT2D eigenvalue weighted by atomic mass is 27.2. The van der Waals surface area contributed by atoms with Gasteiger partial charge in [0.15, 0.2) is 0 Å². The highest BCUT2D eigenvalue weighted by Crippen LogP contribution is 2.21. The lowest BCUT2D eigenvalue weighted by atomic mass is 10.1. The molecule has 0 spiro atoms. The predicted octanol–water partition coefficient (Wildman–Crippen LogP) is 15.1. The number of hydrogen-bond donors (Lipinski definition) is 0. The van der Waals surface area contributed by atoms with Gasteiger partial charge in [0.1, 0.15) is 0 Å². The molecule has 0 saturated carbocycles. The Labute approximate surface area is 283 Å². The van der Waals surface area contributed by atoms with Gasteiger partial charge in [-0.3, -0.25) is 0 Å². The number of unbranched alkanes of at least 4 members (excludes halogenated alkanes) is 28. The summed E-state index contributed by atoms with van der Waals surface area (Å²) in [4.78, 5) is 0. The van der Waals surface area contributed by atoms with Crippen LogP contribution in [0.1, 0.15) is 233 Å². The maximum atomic E-state index is 2.32. The van der Waals surface area contributed by atoms with Crippen LogP contribution >= 0.6 is 0 Å².